The fraction of sp³-hybridized carbons (Fsp3) is 0.0909. The van der Waals surface area contributed by atoms with Gasteiger partial charge in [-0.15, -0.1) is 0 Å². The molecular weight excluding hydrogens is 210 g/mol. The van der Waals surface area contributed by atoms with Crippen molar-refractivity contribution in [1.29, 1.82) is 0 Å². The Balaban J connectivity index is 3.20. The normalized spacial score (nSPS) is 10.3. The van der Waals surface area contributed by atoms with Crippen molar-refractivity contribution < 1.29 is 19.4 Å². The van der Waals surface area contributed by atoms with E-state index in [0.717, 1.165) is 6.08 Å². The van der Waals surface area contributed by atoms with Crippen molar-refractivity contribution in [2.45, 2.75) is 0 Å². The molecular formula is C11H11NO4. The minimum absolute atomic E-state index is 0.0818. The number of hydrogen-bond acceptors (Lipinski definition) is 3. The van der Waals surface area contributed by atoms with Crippen molar-refractivity contribution in [3.63, 3.8) is 0 Å². The van der Waals surface area contributed by atoms with Gasteiger partial charge in [0.1, 0.15) is 5.75 Å². The lowest BCUT2D eigenvalue weighted by Gasteiger charge is -2.04. The van der Waals surface area contributed by atoms with Crippen LogP contribution in [0.2, 0.25) is 0 Å². The lowest BCUT2D eigenvalue weighted by Crippen LogP contribution is -2.06. The smallest absolute Gasteiger partial charge is 0.336 e. The van der Waals surface area contributed by atoms with Crippen LogP contribution in [-0.2, 0) is 4.79 Å². The highest BCUT2D eigenvalue weighted by atomic mass is 16.5. The van der Waals surface area contributed by atoms with Gasteiger partial charge in [-0.3, -0.25) is 4.79 Å². The molecule has 0 aliphatic carbocycles. The molecule has 1 aromatic rings. The van der Waals surface area contributed by atoms with E-state index in [-0.39, 0.29) is 5.56 Å². The van der Waals surface area contributed by atoms with Crippen molar-refractivity contribution in [3.8, 4) is 5.75 Å². The summed E-state index contributed by atoms with van der Waals surface area (Å²) in [5.41, 5.74) is 5.38. The molecule has 5 nitrogen and oxygen atoms in total. The third kappa shape index (κ3) is 2.84. The third-order valence-corrected chi connectivity index (χ3v) is 1.92. The maximum absolute atomic E-state index is 10.9. The molecule has 0 fully saturated rings. The van der Waals surface area contributed by atoms with Crippen LogP contribution >= 0.6 is 0 Å². The number of amides is 1. The van der Waals surface area contributed by atoms with Gasteiger partial charge in [0.25, 0.3) is 0 Å². The molecule has 0 saturated heterocycles. The monoisotopic (exact) mass is 221 g/mol. The molecule has 0 radical (unpaired) electrons. The Morgan fingerprint density at radius 1 is 1.44 bits per heavy atom. The van der Waals surface area contributed by atoms with E-state index in [1.165, 1.54) is 31.4 Å². The summed E-state index contributed by atoms with van der Waals surface area (Å²) in [6.07, 6.45) is 2.44. The number of primary amides is 1. The third-order valence-electron chi connectivity index (χ3n) is 1.92. The van der Waals surface area contributed by atoms with Crippen molar-refractivity contribution in [2.24, 2.45) is 5.73 Å². The molecule has 0 atom stereocenters. The van der Waals surface area contributed by atoms with Crippen molar-refractivity contribution >= 4 is 18.0 Å². The van der Waals surface area contributed by atoms with Gasteiger partial charge in [0.05, 0.1) is 12.7 Å². The summed E-state index contributed by atoms with van der Waals surface area (Å²) in [5, 5.41) is 8.90. The second-order valence-electron chi connectivity index (χ2n) is 2.99. The average Bonchev–Trinajstić information content (AvgIpc) is 2.25. The second kappa shape index (κ2) is 4.97. The Labute approximate surface area is 92.1 Å². The van der Waals surface area contributed by atoms with Crippen LogP contribution in [0.25, 0.3) is 6.08 Å². The van der Waals surface area contributed by atoms with E-state index >= 15 is 0 Å². The van der Waals surface area contributed by atoms with Crippen LogP contribution in [-0.4, -0.2) is 24.1 Å². The fourth-order valence-corrected chi connectivity index (χ4v) is 1.17. The number of nitrogens with two attached hydrogens (primary N) is 1. The van der Waals surface area contributed by atoms with Gasteiger partial charge < -0.3 is 15.6 Å². The first-order chi connectivity index (χ1) is 7.54. The highest BCUT2D eigenvalue weighted by Crippen LogP contribution is 2.19. The van der Waals surface area contributed by atoms with Crippen LogP contribution < -0.4 is 10.5 Å². The first-order valence-electron chi connectivity index (χ1n) is 4.43. The van der Waals surface area contributed by atoms with E-state index in [4.69, 9.17) is 15.6 Å². The van der Waals surface area contributed by atoms with Gasteiger partial charge in [-0.1, -0.05) is 0 Å². The summed E-state index contributed by atoms with van der Waals surface area (Å²) >= 11 is 0. The molecule has 0 unspecified atom stereocenters. The largest absolute Gasteiger partial charge is 0.497 e. The zero-order chi connectivity index (χ0) is 12.1. The van der Waals surface area contributed by atoms with Crippen LogP contribution in [0.5, 0.6) is 5.75 Å². The average molecular weight is 221 g/mol. The Morgan fingerprint density at radius 3 is 2.62 bits per heavy atom. The highest BCUT2D eigenvalue weighted by molar-refractivity contribution is 5.96. The molecule has 3 N–H and O–H groups in total. The summed E-state index contributed by atoms with van der Waals surface area (Å²) in [4.78, 5) is 21.4. The van der Waals surface area contributed by atoms with Gasteiger partial charge in [-0.05, 0) is 29.8 Å². The first kappa shape index (κ1) is 11.8. The number of hydrogen-bond donors (Lipinski definition) is 2. The molecule has 0 aliphatic heterocycles. The van der Waals surface area contributed by atoms with Crippen LogP contribution in [0.3, 0.4) is 0 Å². The van der Waals surface area contributed by atoms with Gasteiger partial charge in [-0.2, -0.15) is 0 Å². The lowest BCUT2D eigenvalue weighted by molar-refractivity contribution is -0.113. The predicted octanol–water partition coefficient (Wildman–Crippen LogP) is 0.892. The molecule has 5 heteroatoms. The molecule has 0 bridgehead atoms. The summed E-state index contributed by atoms with van der Waals surface area (Å²) in [7, 11) is 1.47. The molecule has 0 saturated carbocycles. The van der Waals surface area contributed by atoms with Gasteiger partial charge in [-0.25, -0.2) is 4.79 Å². The number of carboxylic acids is 1. The summed E-state index contributed by atoms with van der Waals surface area (Å²) in [6, 6.07) is 4.45. The summed E-state index contributed by atoms with van der Waals surface area (Å²) in [5.74, 6) is -1.21. The fourth-order valence-electron chi connectivity index (χ4n) is 1.17. The van der Waals surface area contributed by atoms with Gasteiger partial charge in [0.2, 0.25) is 5.91 Å². The predicted molar refractivity (Wildman–Crippen MR) is 58.2 cm³/mol. The van der Waals surface area contributed by atoms with E-state index in [0.29, 0.717) is 11.3 Å². The number of ether oxygens (including phenoxy) is 1. The quantitative estimate of drug-likeness (QED) is 0.739. The molecule has 1 rings (SSSR count). The number of rotatable bonds is 4. The van der Waals surface area contributed by atoms with E-state index < -0.39 is 11.9 Å². The molecule has 1 amide bonds. The number of carboxylic acid groups (broad SMARTS) is 1. The van der Waals surface area contributed by atoms with Gasteiger partial charge in [0.15, 0.2) is 0 Å². The Morgan fingerprint density at radius 2 is 2.12 bits per heavy atom. The number of aromatic carboxylic acids is 1. The molecule has 0 heterocycles. The van der Waals surface area contributed by atoms with Crippen molar-refractivity contribution in [1.82, 2.24) is 0 Å². The number of benzene rings is 1. The van der Waals surface area contributed by atoms with E-state index in [1.807, 2.05) is 0 Å². The van der Waals surface area contributed by atoms with Crippen LogP contribution in [0, 0.1) is 0 Å². The van der Waals surface area contributed by atoms with Gasteiger partial charge in [0, 0.05) is 6.08 Å². The first-order valence-corrected chi connectivity index (χ1v) is 4.43. The number of methoxy groups -OCH3 is 1. The zero-order valence-corrected chi connectivity index (χ0v) is 8.64. The standard InChI is InChI=1S/C11H11NO4/c1-16-8-3-4-9(11(14)15)7(6-8)2-5-10(12)13/h2-6H,1H3,(H2,12,13)(H,14,15). The lowest BCUT2D eigenvalue weighted by atomic mass is 10.1. The van der Waals surface area contributed by atoms with Crippen LogP contribution in [0.1, 0.15) is 15.9 Å². The number of carbonyl (C=O) groups excluding carboxylic acids is 1. The Bertz CT molecular complexity index is 451. The molecule has 0 aromatic heterocycles. The van der Waals surface area contributed by atoms with E-state index in [2.05, 4.69) is 0 Å². The topological polar surface area (TPSA) is 89.6 Å². The van der Waals surface area contributed by atoms with Crippen molar-refractivity contribution in [3.05, 3.63) is 35.4 Å². The maximum atomic E-state index is 10.9. The Kier molecular flexibility index (Phi) is 3.66. The molecule has 0 spiro atoms. The van der Waals surface area contributed by atoms with Crippen LogP contribution in [0.15, 0.2) is 24.3 Å². The second-order valence-corrected chi connectivity index (χ2v) is 2.99. The van der Waals surface area contributed by atoms with Gasteiger partial charge >= 0.3 is 5.97 Å². The van der Waals surface area contributed by atoms with Crippen molar-refractivity contribution in [2.75, 3.05) is 7.11 Å². The highest BCUT2D eigenvalue weighted by Gasteiger charge is 2.08. The van der Waals surface area contributed by atoms with E-state index in [1.54, 1.807) is 0 Å². The minimum atomic E-state index is -1.08. The summed E-state index contributed by atoms with van der Waals surface area (Å²) in [6.45, 7) is 0. The van der Waals surface area contributed by atoms with E-state index in [9.17, 15) is 9.59 Å². The minimum Gasteiger partial charge on any atom is -0.497 e. The molecule has 16 heavy (non-hydrogen) atoms. The van der Waals surface area contributed by atoms with Crippen LogP contribution in [0.4, 0.5) is 0 Å². The maximum Gasteiger partial charge on any atom is 0.336 e. The number of carbonyl (C=O) groups is 2. The molecule has 84 valence electrons. The zero-order valence-electron chi connectivity index (χ0n) is 8.64. The summed E-state index contributed by atoms with van der Waals surface area (Å²) < 4.78 is 4.95. The Hall–Kier alpha value is -2.30. The molecule has 1 aromatic carbocycles. The SMILES string of the molecule is COc1ccc(C(=O)O)c(C=CC(N)=O)c1. The molecule has 0 aliphatic rings.